The second-order valence-corrected chi connectivity index (χ2v) is 5.73. The lowest BCUT2D eigenvalue weighted by Gasteiger charge is -2.30. The number of hydrogen-bond acceptors (Lipinski definition) is 1. The van der Waals surface area contributed by atoms with Crippen LogP contribution in [0, 0.1) is 5.92 Å². The Morgan fingerprint density at radius 1 is 0.895 bits per heavy atom. The Morgan fingerprint density at radius 2 is 1.42 bits per heavy atom. The summed E-state index contributed by atoms with van der Waals surface area (Å²) in [6, 6.07) is 0.751. The van der Waals surface area contributed by atoms with E-state index >= 15 is 0 Å². The molecule has 0 unspecified atom stereocenters. The fourth-order valence-electron chi connectivity index (χ4n) is 2.39. The van der Waals surface area contributed by atoms with Crippen LogP contribution in [0.1, 0.15) is 65.7 Å². The first-order valence-electron chi connectivity index (χ1n) is 8.07. The van der Waals surface area contributed by atoms with Gasteiger partial charge in [0.2, 0.25) is 0 Å². The molecule has 1 saturated carbocycles. The summed E-state index contributed by atoms with van der Waals surface area (Å²) in [7, 11) is 0. The summed E-state index contributed by atoms with van der Waals surface area (Å²) in [6.07, 6.45) is 22.4. The van der Waals surface area contributed by atoms with Crippen LogP contribution in [0.4, 0.5) is 0 Å². The average molecular weight is 261 g/mol. The zero-order valence-electron chi connectivity index (χ0n) is 13.0. The fourth-order valence-corrected chi connectivity index (χ4v) is 2.39. The first-order chi connectivity index (χ1) is 9.27. The van der Waals surface area contributed by atoms with Crippen LogP contribution in [0.2, 0.25) is 0 Å². The lowest BCUT2D eigenvalue weighted by atomic mass is 9.94. The van der Waals surface area contributed by atoms with Crippen LogP contribution in [-0.4, -0.2) is 10.9 Å². The Kier molecular flexibility index (Phi) is 8.36. The van der Waals surface area contributed by atoms with Crippen molar-refractivity contribution in [1.82, 2.24) is 4.90 Å². The molecule has 19 heavy (non-hydrogen) atoms. The molecule has 2 rings (SSSR count). The van der Waals surface area contributed by atoms with Gasteiger partial charge in [0.15, 0.2) is 0 Å². The summed E-state index contributed by atoms with van der Waals surface area (Å²) in [5.74, 6) is 0.935. The summed E-state index contributed by atoms with van der Waals surface area (Å²) >= 11 is 0. The van der Waals surface area contributed by atoms with Crippen molar-refractivity contribution in [2.75, 3.05) is 0 Å². The van der Waals surface area contributed by atoms with E-state index in [1.54, 1.807) is 0 Å². The molecule has 0 aromatic carbocycles. The summed E-state index contributed by atoms with van der Waals surface area (Å²) in [5.41, 5.74) is 0. The van der Waals surface area contributed by atoms with Gasteiger partial charge in [-0.05, 0) is 30.9 Å². The van der Waals surface area contributed by atoms with Gasteiger partial charge < -0.3 is 4.90 Å². The molecule has 0 aromatic heterocycles. The molecule has 0 N–H and O–H groups in total. The molecule has 108 valence electrons. The first-order valence-corrected chi connectivity index (χ1v) is 8.07. The molecule has 1 heterocycles. The van der Waals surface area contributed by atoms with Gasteiger partial charge in [0.1, 0.15) is 0 Å². The van der Waals surface area contributed by atoms with Crippen LogP contribution < -0.4 is 0 Å². The molecule has 0 saturated heterocycles. The van der Waals surface area contributed by atoms with E-state index in [1.165, 1.54) is 44.9 Å². The van der Waals surface area contributed by atoms with Gasteiger partial charge in [-0.1, -0.05) is 65.0 Å². The van der Waals surface area contributed by atoms with Crippen molar-refractivity contribution >= 4 is 0 Å². The Morgan fingerprint density at radius 3 is 1.84 bits per heavy atom. The molecule has 1 fully saturated rings. The van der Waals surface area contributed by atoms with E-state index in [9.17, 15) is 0 Å². The molecule has 0 bridgehead atoms. The third-order valence-electron chi connectivity index (χ3n) is 4.24. The van der Waals surface area contributed by atoms with Gasteiger partial charge in [0.25, 0.3) is 0 Å². The number of rotatable bonds is 3. The Hall–Kier alpha value is -0.980. The summed E-state index contributed by atoms with van der Waals surface area (Å²) in [6.45, 7) is 6.74. The molecule has 1 aliphatic heterocycles. The zero-order chi connectivity index (χ0) is 13.9. The Labute approximate surface area is 120 Å². The van der Waals surface area contributed by atoms with Crippen molar-refractivity contribution in [3.8, 4) is 0 Å². The maximum Gasteiger partial charge on any atom is 0.0330 e. The predicted molar refractivity (Wildman–Crippen MR) is 85.9 cm³/mol. The van der Waals surface area contributed by atoms with Crippen LogP contribution in [0.3, 0.4) is 0 Å². The highest BCUT2D eigenvalue weighted by Crippen LogP contribution is 2.23. The Bertz CT molecular complexity index is 275. The standard InChI is InChI=1S/C12H17N.C6H14/c1-2-7-11-13(10-6-1)12-8-4-3-5-9-12;1-4-6(3)5-2/h1-2,6-7,10-12H,3-5,8-9H2;6H,4-5H2,1-3H3. The molecule has 0 radical (unpaired) electrons. The average Bonchev–Trinajstić information content (AvgIpc) is 2.77. The van der Waals surface area contributed by atoms with Gasteiger partial charge in [-0.15, -0.1) is 0 Å². The molecule has 1 heteroatoms. The van der Waals surface area contributed by atoms with E-state index in [-0.39, 0.29) is 0 Å². The number of allylic oxidation sites excluding steroid dienone is 4. The normalized spacial score (nSPS) is 19.3. The summed E-state index contributed by atoms with van der Waals surface area (Å²) in [5, 5.41) is 0. The van der Waals surface area contributed by atoms with E-state index in [1.807, 2.05) is 0 Å². The van der Waals surface area contributed by atoms with Gasteiger partial charge in [0, 0.05) is 18.4 Å². The number of hydrogen-bond donors (Lipinski definition) is 0. The van der Waals surface area contributed by atoms with E-state index in [0.29, 0.717) is 0 Å². The molecular weight excluding hydrogens is 230 g/mol. The molecular formula is C18H31N. The van der Waals surface area contributed by atoms with Crippen molar-refractivity contribution in [2.24, 2.45) is 5.92 Å². The minimum absolute atomic E-state index is 0.751. The molecule has 0 amide bonds. The van der Waals surface area contributed by atoms with E-state index in [4.69, 9.17) is 0 Å². The fraction of sp³-hybridized carbons (Fsp3) is 0.667. The van der Waals surface area contributed by atoms with Crippen molar-refractivity contribution in [3.05, 3.63) is 36.7 Å². The second-order valence-electron chi connectivity index (χ2n) is 5.73. The van der Waals surface area contributed by atoms with Crippen molar-refractivity contribution in [3.63, 3.8) is 0 Å². The van der Waals surface area contributed by atoms with E-state index < -0.39 is 0 Å². The minimum Gasteiger partial charge on any atom is -0.351 e. The van der Waals surface area contributed by atoms with Crippen LogP contribution in [0.15, 0.2) is 36.7 Å². The molecule has 0 atom stereocenters. The monoisotopic (exact) mass is 261 g/mol. The maximum atomic E-state index is 2.36. The van der Waals surface area contributed by atoms with E-state index in [0.717, 1.165) is 12.0 Å². The van der Waals surface area contributed by atoms with Crippen LogP contribution in [0.25, 0.3) is 0 Å². The highest BCUT2D eigenvalue weighted by molar-refractivity contribution is 5.16. The summed E-state index contributed by atoms with van der Waals surface area (Å²) < 4.78 is 0. The SMILES string of the molecule is C1=CC=CN(C2CCCCC2)C=C1.CCC(C)CC. The van der Waals surface area contributed by atoms with Crippen LogP contribution >= 0.6 is 0 Å². The number of nitrogens with zero attached hydrogens (tertiary/aromatic N) is 1. The van der Waals surface area contributed by atoms with Crippen LogP contribution in [-0.2, 0) is 0 Å². The van der Waals surface area contributed by atoms with Crippen molar-refractivity contribution in [1.29, 1.82) is 0 Å². The minimum atomic E-state index is 0.751. The van der Waals surface area contributed by atoms with Gasteiger partial charge in [-0.3, -0.25) is 0 Å². The molecule has 0 spiro atoms. The highest BCUT2D eigenvalue weighted by atomic mass is 15.1. The molecule has 1 nitrogen and oxygen atoms in total. The summed E-state index contributed by atoms with van der Waals surface area (Å²) in [4.78, 5) is 2.36. The van der Waals surface area contributed by atoms with E-state index in [2.05, 4.69) is 62.4 Å². The van der Waals surface area contributed by atoms with Crippen LogP contribution in [0.5, 0.6) is 0 Å². The third kappa shape index (κ3) is 6.66. The molecule has 1 aliphatic carbocycles. The predicted octanol–water partition coefficient (Wildman–Crippen LogP) is 5.66. The molecule has 0 aromatic rings. The maximum absolute atomic E-state index is 2.36. The van der Waals surface area contributed by atoms with Crippen molar-refractivity contribution in [2.45, 2.75) is 71.8 Å². The second kappa shape index (κ2) is 9.89. The largest absolute Gasteiger partial charge is 0.351 e. The lowest BCUT2D eigenvalue weighted by Crippen LogP contribution is -2.28. The zero-order valence-corrected chi connectivity index (χ0v) is 13.0. The third-order valence-corrected chi connectivity index (χ3v) is 4.24. The first kappa shape index (κ1) is 16.1. The Balaban J connectivity index is 0.000000258. The van der Waals surface area contributed by atoms with Gasteiger partial charge >= 0.3 is 0 Å². The van der Waals surface area contributed by atoms with Gasteiger partial charge in [0.05, 0.1) is 0 Å². The van der Waals surface area contributed by atoms with Gasteiger partial charge in [-0.25, -0.2) is 0 Å². The molecule has 2 aliphatic rings. The quantitative estimate of drug-likeness (QED) is 0.633. The topological polar surface area (TPSA) is 3.24 Å². The van der Waals surface area contributed by atoms with Crippen molar-refractivity contribution < 1.29 is 0 Å². The van der Waals surface area contributed by atoms with Gasteiger partial charge in [-0.2, -0.15) is 0 Å². The highest BCUT2D eigenvalue weighted by Gasteiger charge is 2.16. The smallest absolute Gasteiger partial charge is 0.0330 e. The lowest BCUT2D eigenvalue weighted by molar-refractivity contribution is 0.278.